The Kier molecular flexibility index (Phi) is 14.4. The van der Waals surface area contributed by atoms with Crippen molar-refractivity contribution in [2.24, 2.45) is 0 Å². The van der Waals surface area contributed by atoms with Crippen LogP contribution < -0.4 is 19.5 Å². The normalized spacial score (nSPS) is 11.4. The molecule has 6 aromatic carbocycles. The Morgan fingerprint density at radius 2 is 1.11 bits per heavy atom. The number of Topliss-reactive ketones (excluding diaryl/α,β-unsaturated/α-hetero) is 1. The van der Waals surface area contributed by atoms with E-state index in [0.29, 0.717) is 41.2 Å². The van der Waals surface area contributed by atoms with Crippen molar-refractivity contribution in [3.8, 4) is 11.5 Å². The summed E-state index contributed by atoms with van der Waals surface area (Å²) < 4.78 is 68.0. The maximum absolute atomic E-state index is 13.6. The van der Waals surface area contributed by atoms with Gasteiger partial charge < -0.3 is 14.8 Å². The van der Waals surface area contributed by atoms with Crippen LogP contribution in [0.3, 0.4) is 0 Å². The molecule has 7 rings (SSSR count). The third kappa shape index (κ3) is 11.3. The van der Waals surface area contributed by atoms with Crippen molar-refractivity contribution >= 4 is 54.2 Å². The lowest BCUT2D eigenvalue weighted by molar-refractivity contribution is -0.117. The molecular weight excluding hydrogens is 833 g/mol. The monoisotopic (exact) mass is 886 g/mol. The minimum Gasteiger partial charge on any atom is -0.494 e. The summed E-state index contributed by atoms with van der Waals surface area (Å²) in [5, 5.41) is 3.17. The largest absolute Gasteiger partial charge is 0.494 e. The topological polar surface area (TPSA) is 146 Å². The van der Waals surface area contributed by atoms with E-state index in [2.05, 4.69) is 15.0 Å². The highest BCUT2D eigenvalue weighted by Gasteiger charge is 2.25. The first kappa shape index (κ1) is 46.1. The van der Waals surface area contributed by atoms with Crippen LogP contribution in [0.15, 0.2) is 131 Å². The van der Waals surface area contributed by atoms with Gasteiger partial charge in [-0.3, -0.25) is 9.52 Å². The molecular formula is C50H54N4O7S2. The Balaban J connectivity index is 0.000000210. The quantitative estimate of drug-likeness (QED) is 0.103. The highest BCUT2D eigenvalue weighted by Crippen LogP contribution is 2.31. The first-order valence-electron chi connectivity index (χ1n) is 20.7. The summed E-state index contributed by atoms with van der Waals surface area (Å²) in [5.41, 5.74) is 9.86. The molecule has 2 N–H and O–H groups in total. The molecule has 1 heterocycles. The van der Waals surface area contributed by atoms with E-state index >= 15 is 0 Å². The van der Waals surface area contributed by atoms with Crippen LogP contribution >= 0.6 is 0 Å². The molecule has 0 bridgehead atoms. The van der Waals surface area contributed by atoms with Crippen LogP contribution in [-0.4, -0.2) is 44.8 Å². The first-order chi connectivity index (χ1) is 30.0. The fourth-order valence-corrected chi connectivity index (χ4v) is 9.29. The van der Waals surface area contributed by atoms with Crippen molar-refractivity contribution in [1.29, 1.82) is 0 Å². The van der Waals surface area contributed by atoms with E-state index < -0.39 is 20.0 Å². The molecule has 11 nitrogen and oxygen atoms in total. The zero-order valence-electron chi connectivity index (χ0n) is 36.9. The van der Waals surface area contributed by atoms with Crippen molar-refractivity contribution in [2.75, 3.05) is 23.3 Å². The molecule has 0 aliphatic heterocycles. The number of hydrogen-bond acceptors (Lipinski definition) is 9. The van der Waals surface area contributed by atoms with E-state index in [9.17, 15) is 21.6 Å². The van der Waals surface area contributed by atoms with Gasteiger partial charge in [-0.05, 0) is 168 Å². The van der Waals surface area contributed by atoms with Crippen molar-refractivity contribution in [3.05, 3.63) is 166 Å². The van der Waals surface area contributed by atoms with E-state index in [4.69, 9.17) is 9.47 Å². The van der Waals surface area contributed by atoms with Crippen molar-refractivity contribution < 1.29 is 31.1 Å². The number of fused-ring (bicyclic) bond motifs is 1. The number of imidazole rings is 1. The van der Waals surface area contributed by atoms with Gasteiger partial charge in [-0.2, -0.15) is 0 Å². The predicted octanol–water partition coefficient (Wildman–Crippen LogP) is 10.5. The number of nitrogens with one attached hydrogen (secondary N) is 2. The summed E-state index contributed by atoms with van der Waals surface area (Å²) in [6, 6.07) is 35.8. The van der Waals surface area contributed by atoms with Gasteiger partial charge in [0.1, 0.15) is 17.3 Å². The first-order valence-corrected chi connectivity index (χ1v) is 23.6. The van der Waals surface area contributed by atoms with E-state index in [1.54, 1.807) is 54.6 Å². The highest BCUT2D eigenvalue weighted by molar-refractivity contribution is 7.92. The fourth-order valence-electron chi connectivity index (χ4n) is 6.79. The lowest BCUT2D eigenvalue weighted by Crippen LogP contribution is -2.16. The average molecular weight is 887 g/mol. The lowest BCUT2D eigenvalue weighted by Gasteiger charge is -2.15. The Labute approximate surface area is 371 Å². The SMILES string of the molecule is CCOc1ccc(CC(=O)Cc2cc(C)c(C)cc2NS(=O)(=O)c2ccc(C)cc2)cc1.CCOc1ccc(Nc2nc3cc(C)c(C)cc3n2S(=O)(=O)c2ccc(C)cc2)cc1. The van der Waals surface area contributed by atoms with E-state index in [0.717, 1.165) is 50.4 Å². The number of aromatic nitrogens is 2. The molecule has 0 unspecified atom stereocenters. The second-order valence-electron chi connectivity index (χ2n) is 15.5. The van der Waals surface area contributed by atoms with Gasteiger partial charge in [-0.15, -0.1) is 0 Å². The minimum absolute atomic E-state index is 0.00759. The standard InChI is InChI=1S/C26H29NO4S.C24H25N3O3S/c1-5-31-24-10-8-21(9-11-24)16-23(28)17-22-14-19(3)20(4)15-26(22)27-32(29,30)25-12-6-18(2)7-13-25;1-5-30-20-10-8-19(9-11-20)25-24-26-22-14-17(3)18(4)15-23(22)27(24)31(28,29)21-12-6-16(2)7-13-21/h6-15,27H,5,16-17H2,1-4H3;6-15H,5H2,1-4H3,(H,25,26). The van der Waals surface area contributed by atoms with Gasteiger partial charge in [-0.25, -0.2) is 25.8 Å². The van der Waals surface area contributed by atoms with E-state index in [1.807, 2.05) is 122 Å². The lowest BCUT2D eigenvalue weighted by atomic mass is 9.98. The summed E-state index contributed by atoms with van der Waals surface area (Å²) in [4.78, 5) is 17.8. The highest BCUT2D eigenvalue weighted by atomic mass is 32.2. The van der Waals surface area contributed by atoms with Gasteiger partial charge >= 0.3 is 0 Å². The third-order valence-corrected chi connectivity index (χ3v) is 13.6. The number of anilines is 3. The number of rotatable bonds is 15. The van der Waals surface area contributed by atoms with Gasteiger partial charge in [0, 0.05) is 18.5 Å². The van der Waals surface area contributed by atoms with Gasteiger partial charge in [0.2, 0.25) is 5.95 Å². The number of hydrogen-bond donors (Lipinski definition) is 2. The molecule has 63 heavy (non-hydrogen) atoms. The maximum atomic E-state index is 13.6. The molecule has 0 radical (unpaired) electrons. The van der Waals surface area contributed by atoms with Gasteiger partial charge in [-0.1, -0.05) is 53.6 Å². The number of nitrogens with zero attached hydrogens (tertiary/aromatic N) is 2. The van der Waals surface area contributed by atoms with E-state index in [-0.39, 0.29) is 34.4 Å². The Hall–Kier alpha value is -6.44. The smallest absolute Gasteiger partial charge is 0.271 e. The summed E-state index contributed by atoms with van der Waals surface area (Å²) >= 11 is 0. The molecule has 13 heteroatoms. The molecule has 0 saturated heterocycles. The summed E-state index contributed by atoms with van der Waals surface area (Å²) in [6.07, 6.45) is 0.406. The molecule has 0 aliphatic rings. The number of sulfonamides is 1. The van der Waals surface area contributed by atoms with Crippen molar-refractivity contribution in [1.82, 2.24) is 8.96 Å². The van der Waals surface area contributed by atoms with Gasteiger partial charge in [0.15, 0.2) is 0 Å². The molecule has 1 aromatic heterocycles. The molecule has 0 aliphatic carbocycles. The minimum atomic E-state index is -3.87. The number of benzene rings is 6. The van der Waals surface area contributed by atoms with E-state index in [1.165, 1.54) is 3.97 Å². The zero-order valence-corrected chi connectivity index (χ0v) is 38.6. The number of aryl methyl sites for hydroxylation is 6. The zero-order chi connectivity index (χ0) is 45.5. The molecule has 0 amide bonds. The van der Waals surface area contributed by atoms with Crippen LogP contribution in [0.2, 0.25) is 0 Å². The Morgan fingerprint density at radius 1 is 0.603 bits per heavy atom. The fraction of sp³-hybridized carbons (Fsp3) is 0.240. The summed E-state index contributed by atoms with van der Waals surface area (Å²) in [7, 11) is -7.63. The molecule has 0 fully saturated rings. The number of carbonyl (C=O) groups is 1. The van der Waals surface area contributed by atoms with Crippen LogP contribution in [0, 0.1) is 41.5 Å². The predicted molar refractivity (Wildman–Crippen MR) is 252 cm³/mol. The van der Waals surface area contributed by atoms with Gasteiger partial charge in [0.25, 0.3) is 20.0 Å². The average Bonchev–Trinajstić information content (AvgIpc) is 3.58. The molecule has 0 saturated carbocycles. The number of carbonyl (C=O) groups excluding carboxylic acids is 1. The molecule has 7 aromatic rings. The van der Waals surface area contributed by atoms with Crippen LogP contribution in [0.5, 0.6) is 11.5 Å². The van der Waals surface area contributed by atoms with Crippen molar-refractivity contribution in [2.45, 2.75) is 78.0 Å². The van der Waals surface area contributed by atoms with Gasteiger partial charge in [0.05, 0.1) is 39.7 Å². The number of ketones is 1. The second-order valence-corrected chi connectivity index (χ2v) is 19.0. The Bertz CT molecular complexity index is 2950. The molecule has 0 atom stereocenters. The number of ether oxygens (including phenoxy) is 2. The summed E-state index contributed by atoms with van der Waals surface area (Å²) in [6.45, 7) is 16.7. The summed E-state index contributed by atoms with van der Waals surface area (Å²) in [5.74, 6) is 1.77. The third-order valence-electron chi connectivity index (χ3n) is 10.5. The maximum Gasteiger partial charge on any atom is 0.271 e. The van der Waals surface area contributed by atoms with Crippen molar-refractivity contribution in [3.63, 3.8) is 0 Å². The van der Waals surface area contributed by atoms with Crippen LogP contribution in [0.1, 0.15) is 58.4 Å². The van der Waals surface area contributed by atoms with Crippen LogP contribution in [-0.2, 0) is 37.7 Å². The second kappa shape index (κ2) is 19.7. The van der Waals surface area contributed by atoms with Crippen LogP contribution in [0.25, 0.3) is 11.0 Å². The molecule has 0 spiro atoms. The Morgan fingerprint density at radius 3 is 1.68 bits per heavy atom. The van der Waals surface area contributed by atoms with Crippen LogP contribution in [0.4, 0.5) is 17.3 Å². The molecule has 328 valence electrons.